The predicted octanol–water partition coefficient (Wildman–Crippen LogP) is 3.43. The largest absolute Gasteiger partial charge is 0.416 e. The number of nitrogens with one attached hydrogen (secondary N) is 2. The molecule has 1 aliphatic heterocycles. The highest BCUT2D eigenvalue weighted by atomic mass is 19.4. The summed E-state index contributed by atoms with van der Waals surface area (Å²) in [5.74, 6) is 0. The van der Waals surface area contributed by atoms with Crippen molar-refractivity contribution in [2.75, 3.05) is 26.2 Å². The van der Waals surface area contributed by atoms with Crippen LogP contribution in [0.15, 0.2) is 24.3 Å². The van der Waals surface area contributed by atoms with E-state index in [1.807, 2.05) is 13.8 Å². The molecule has 2 rings (SSSR count). The van der Waals surface area contributed by atoms with Crippen molar-refractivity contribution in [1.82, 2.24) is 15.5 Å². The predicted molar refractivity (Wildman–Crippen MR) is 102 cm³/mol. The van der Waals surface area contributed by atoms with Gasteiger partial charge < -0.3 is 15.4 Å². The fourth-order valence-corrected chi connectivity index (χ4v) is 3.32. The number of rotatable bonds is 6. The van der Waals surface area contributed by atoms with Gasteiger partial charge in [-0.1, -0.05) is 12.1 Å². The number of ether oxygens (including phenoxy) is 1. The minimum absolute atomic E-state index is 0.153. The SMILES string of the molecule is CC1CN(C(C)(C)CNC(=O)NCCc2ccc(C(F)(F)F)cc2)CC(C)O1. The van der Waals surface area contributed by atoms with Gasteiger partial charge in [0.05, 0.1) is 17.8 Å². The van der Waals surface area contributed by atoms with Gasteiger partial charge in [0.15, 0.2) is 0 Å². The van der Waals surface area contributed by atoms with Crippen LogP contribution in [-0.2, 0) is 17.3 Å². The van der Waals surface area contributed by atoms with Crippen molar-refractivity contribution in [3.05, 3.63) is 35.4 Å². The number of hydrogen-bond donors (Lipinski definition) is 2. The number of urea groups is 1. The van der Waals surface area contributed by atoms with Crippen LogP contribution in [0.5, 0.6) is 0 Å². The molecule has 5 nitrogen and oxygen atoms in total. The molecular weight excluding hydrogens is 371 g/mol. The lowest BCUT2D eigenvalue weighted by atomic mass is 10.00. The molecule has 0 spiro atoms. The van der Waals surface area contributed by atoms with Crippen LogP contribution in [0.2, 0.25) is 0 Å². The fraction of sp³-hybridized carbons (Fsp3) is 0.650. The van der Waals surface area contributed by atoms with Gasteiger partial charge in [0, 0.05) is 31.7 Å². The molecule has 1 heterocycles. The lowest BCUT2D eigenvalue weighted by Crippen LogP contribution is -2.59. The maximum absolute atomic E-state index is 12.6. The number of alkyl halides is 3. The first-order chi connectivity index (χ1) is 13.0. The number of halogens is 3. The second-order valence-electron chi connectivity index (χ2n) is 8.03. The molecule has 0 aromatic heterocycles. The van der Waals surface area contributed by atoms with E-state index in [1.54, 1.807) is 0 Å². The zero-order valence-corrected chi connectivity index (χ0v) is 16.9. The van der Waals surface area contributed by atoms with Crippen molar-refractivity contribution in [2.24, 2.45) is 0 Å². The van der Waals surface area contributed by atoms with Gasteiger partial charge in [-0.25, -0.2) is 4.79 Å². The van der Waals surface area contributed by atoms with Crippen molar-refractivity contribution in [3.8, 4) is 0 Å². The lowest BCUT2D eigenvalue weighted by molar-refractivity contribution is -0.137. The molecule has 2 amide bonds. The molecule has 1 fully saturated rings. The van der Waals surface area contributed by atoms with E-state index in [1.165, 1.54) is 12.1 Å². The molecule has 0 radical (unpaired) electrons. The molecule has 0 bridgehead atoms. The first kappa shape index (κ1) is 22.5. The van der Waals surface area contributed by atoms with Crippen LogP contribution in [0, 0.1) is 0 Å². The van der Waals surface area contributed by atoms with Crippen molar-refractivity contribution >= 4 is 6.03 Å². The number of carbonyl (C=O) groups excluding carboxylic acids is 1. The fourth-order valence-electron chi connectivity index (χ4n) is 3.32. The van der Waals surface area contributed by atoms with Gasteiger partial charge >= 0.3 is 12.2 Å². The van der Waals surface area contributed by atoms with E-state index in [-0.39, 0.29) is 23.8 Å². The molecule has 2 atom stereocenters. The summed E-state index contributed by atoms with van der Waals surface area (Å²) in [6.07, 6.45) is -3.56. The molecule has 28 heavy (non-hydrogen) atoms. The molecule has 1 saturated heterocycles. The minimum atomic E-state index is -4.33. The van der Waals surface area contributed by atoms with E-state index < -0.39 is 11.7 Å². The van der Waals surface area contributed by atoms with Gasteiger partial charge in [0.2, 0.25) is 0 Å². The normalized spacial score (nSPS) is 21.4. The van der Waals surface area contributed by atoms with E-state index in [2.05, 4.69) is 29.4 Å². The molecule has 2 unspecified atom stereocenters. The molecule has 0 saturated carbocycles. The van der Waals surface area contributed by atoms with Crippen molar-refractivity contribution in [3.63, 3.8) is 0 Å². The summed E-state index contributed by atoms with van der Waals surface area (Å²) >= 11 is 0. The highest BCUT2D eigenvalue weighted by Gasteiger charge is 2.33. The Morgan fingerprint density at radius 3 is 2.21 bits per heavy atom. The smallest absolute Gasteiger partial charge is 0.373 e. The van der Waals surface area contributed by atoms with Crippen LogP contribution >= 0.6 is 0 Å². The summed E-state index contributed by atoms with van der Waals surface area (Å²) in [6.45, 7) is 10.7. The summed E-state index contributed by atoms with van der Waals surface area (Å²) in [6, 6.07) is 4.71. The van der Waals surface area contributed by atoms with Crippen molar-refractivity contribution in [1.29, 1.82) is 0 Å². The summed E-state index contributed by atoms with van der Waals surface area (Å²) in [5.41, 5.74) is -0.141. The number of benzene rings is 1. The highest BCUT2D eigenvalue weighted by molar-refractivity contribution is 5.73. The van der Waals surface area contributed by atoms with Gasteiger partial charge in [-0.2, -0.15) is 13.2 Å². The van der Waals surface area contributed by atoms with Crippen LogP contribution in [-0.4, -0.2) is 54.9 Å². The quantitative estimate of drug-likeness (QED) is 0.768. The third-order valence-corrected chi connectivity index (χ3v) is 4.94. The van der Waals surface area contributed by atoms with E-state index in [0.717, 1.165) is 30.8 Å². The maximum Gasteiger partial charge on any atom is 0.416 e. The second kappa shape index (κ2) is 9.13. The molecule has 2 N–H and O–H groups in total. The highest BCUT2D eigenvalue weighted by Crippen LogP contribution is 2.29. The monoisotopic (exact) mass is 401 g/mol. The zero-order valence-electron chi connectivity index (χ0n) is 16.9. The Balaban J connectivity index is 1.73. The van der Waals surface area contributed by atoms with Crippen LogP contribution in [0.3, 0.4) is 0 Å². The molecule has 1 aromatic carbocycles. The first-order valence-electron chi connectivity index (χ1n) is 9.56. The number of carbonyl (C=O) groups is 1. The Kier molecular flexibility index (Phi) is 7.33. The zero-order chi connectivity index (χ0) is 20.9. The standard InChI is InChI=1S/C20H30F3N3O2/c1-14-11-26(12-15(2)28-14)19(3,4)13-25-18(27)24-10-9-16-5-7-17(8-6-16)20(21,22)23/h5-8,14-15H,9-13H2,1-4H3,(H2,24,25,27). The van der Waals surface area contributed by atoms with Crippen molar-refractivity contribution in [2.45, 2.75) is 58.0 Å². The number of morpholine rings is 1. The van der Waals surface area contributed by atoms with Crippen LogP contribution in [0.4, 0.5) is 18.0 Å². The Bertz CT molecular complexity index is 637. The molecular formula is C20H30F3N3O2. The Morgan fingerprint density at radius 2 is 1.68 bits per heavy atom. The summed E-state index contributed by atoms with van der Waals surface area (Å²) in [7, 11) is 0. The maximum atomic E-state index is 12.6. The van der Waals surface area contributed by atoms with E-state index in [9.17, 15) is 18.0 Å². The third-order valence-electron chi connectivity index (χ3n) is 4.94. The topological polar surface area (TPSA) is 53.6 Å². The summed E-state index contributed by atoms with van der Waals surface area (Å²) in [4.78, 5) is 14.4. The van der Waals surface area contributed by atoms with E-state index in [0.29, 0.717) is 19.5 Å². The Morgan fingerprint density at radius 1 is 1.11 bits per heavy atom. The van der Waals surface area contributed by atoms with Gasteiger partial charge in [-0.3, -0.25) is 4.90 Å². The van der Waals surface area contributed by atoms with Crippen molar-refractivity contribution < 1.29 is 22.7 Å². The molecule has 1 aromatic rings. The lowest BCUT2D eigenvalue weighted by Gasteiger charge is -2.45. The Hall–Kier alpha value is -1.80. The Labute approximate surface area is 164 Å². The average molecular weight is 401 g/mol. The molecule has 8 heteroatoms. The number of amides is 2. The third kappa shape index (κ3) is 6.67. The number of hydrogen-bond acceptors (Lipinski definition) is 3. The average Bonchev–Trinajstić information content (AvgIpc) is 2.59. The van der Waals surface area contributed by atoms with E-state index >= 15 is 0 Å². The minimum Gasteiger partial charge on any atom is -0.373 e. The summed E-state index contributed by atoms with van der Waals surface area (Å²) < 4.78 is 43.4. The molecule has 0 aliphatic carbocycles. The summed E-state index contributed by atoms with van der Waals surface area (Å²) in [5, 5.41) is 5.64. The molecule has 158 valence electrons. The van der Waals surface area contributed by atoms with Crippen LogP contribution in [0.1, 0.15) is 38.8 Å². The van der Waals surface area contributed by atoms with Gasteiger partial charge in [-0.05, 0) is 51.8 Å². The molecule has 1 aliphatic rings. The number of nitrogens with zero attached hydrogens (tertiary/aromatic N) is 1. The van der Waals surface area contributed by atoms with Gasteiger partial charge in [0.1, 0.15) is 0 Å². The van der Waals surface area contributed by atoms with Crippen LogP contribution < -0.4 is 10.6 Å². The van der Waals surface area contributed by atoms with Gasteiger partial charge in [0.25, 0.3) is 0 Å². The van der Waals surface area contributed by atoms with Crippen LogP contribution in [0.25, 0.3) is 0 Å². The van der Waals surface area contributed by atoms with Gasteiger partial charge in [-0.15, -0.1) is 0 Å². The first-order valence-corrected chi connectivity index (χ1v) is 9.56. The second-order valence-corrected chi connectivity index (χ2v) is 8.03. The van der Waals surface area contributed by atoms with E-state index in [4.69, 9.17) is 4.74 Å².